The molecule has 0 amide bonds. The van der Waals surface area contributed by atoms with Gasteiger partial charge < -0.3 is 10.2 Å². The van der Waals surface area contributed by atoms with Crippen LogP contribution >= 0.6 is 0 Å². The van der Waals surface area contributed by atoms with Gasteiger partial charge in [0.25, 0.3) is 0 Å². The molecule has 0 bridgehead atoms. The van der Waals surface area contributed by atoms with Gasteiger partial charge in [-0.1, -0.05) is 0 Å². The molecule has 1 fully saturated rings. The van der Waals surface area contributed by atoms with Crippen molar-refractivity contribution in [3.8, 4) is 0 Å². The fourth-order valence-corrected chi connectivity index (χ4v) is 2.18. The van der Waals surface area contributed by atoms with Gasteiger partial charge in [0, 0.05) is 31.7 Å². The number of nitrogens with one attached hydrogen (secondary N) is 1. The zero-order chi connectivity index (χ0) is 10.6. The van der Waals surface area contributed by atoms with E-state index in [9.17, 15) is 0 Å². The first kappa shape index (κ1) is 12.0. The minimum Gasteiger partial charge on any atom is -0.314 e. The Kier molecular flexibility index (Phi) is 4.85. The van der Waals surface area contributed by atoms with Crippen molar-refractivity contribution in [1.82, 2.24) is 15.1 Å². The second-order valence-corrected chi connectivity index (χ2v) is 4.75. The molecule has 3 nitrogen and oxygen atoms in total. The van der Waals surface area contributed by atoms with Gasteiger partial charge in [-0.3, -0.25) is 4.90 Å². The van der Waals surface area contributed by atoms with E-state index < -0.39 is 0 Å². The molecular formula is C11H25N3. The van der Waals surface area contributed by atoms with Gasteiger partial charge in [0.15, 0.2) is 0 Å². The Morgan fingerprint density at radius 3 is 2.29 bits per heavy atom. The van der Waals surface area contributed by atoms with Crippen LogP contribution in [-0.4, -0.2) is 62.2 Å². The Morgan fingerprint density at radius 1 is 1.21 bits per heavy atom. The van der Waals surface area contributed by atoms with E-state index in [1.807, 2.05) is 0 Å². The second kappa shape index (κ2) is 5.69. The minimum absolute atomic E-state index is 0.695. The Bertz CT molecular complexity index is 149. The van der Waals surface area contributed by atoms with Gasteiger partial charge in [0.05, 0.1) is 0 Å². The summed E-state index contributed by atoms with van der Waals surface area (Å²) in [7, 11) is 4.29. The molecule has 2 atom stereocenters. The molecule has 1 saturated heterocycles. The molecule has 84 valence electrons. The highest BCUT2D eigenvalue weighted by Gasteiger charge is 2.23. The molecule has 1 aliphatic heterocycles. The Morgan fingerprint density at radius 2 is 1.79 bits per heavy atom. The smallest absolute Gasteiger partial charge is 0.0195 e. The highest BCUT2D eigenvalue weighted by Crippen LogP contribution is 2.09. The Balaban J connectivity index is 2.26. The summed E-state index contributed by atoms with van der Waals surface area (Å²) in [6, 6.07) is 1.39. The van der Waals surface area contributed by atoms with Gasteiger partial charge in [-0.2, -0.15) is 0 Å². The van der Waals surface area contributed by atoms with E-state index in [1.165, 1.54) is 19.5 Å². The van der Waals surface area contributed by atoms with Crippen LogP contribution in [0.1, 0.15) is 20.3 Å². The molecule has 0 aliphatic carbocycles. The summed E-state index contributed by atoms with van der Waals surface area (Å²) in [6.45, 7) is 9.36. The van der Waals surface area contributed by atoms with Crippen LogP contribution in [0.5, 0.6) is 0 Å². The fraction of sp³-hybridized carbons (Fsp3) is 1.00. The van der Waals surface area contributed by atoms with Crippen molar-refractivity contribution in [2.75, 3.05) is 40.3 Å². The maximum atomic E-state index is 3.46. The molecule has 14 heavy (non-hydrogen) atoms. The Hall–Kier alpha value is -0.120. The summed E-state index contributed by atoms with van der Waals surface area (Å²) in [5.41, 5.74) is 0. The van der Waals surface area contributed by atoms with Crippen molar-refractivity contribution < 1.29 is 0 Å². The lowest BCUT2D eigenvalue weighted by molar-refractivity contribution is 0.112. The van der Waals surface area contributed by atoms with Crippen LogP contribution in [0.25, 0.3) is 0 Å². The van der Waals surface area contributed by atoms with Crippen LogP contribution in [0.3, 0.4) is 0 Å². The van der Waals surface area contributed by atoms with E-state index in [1.54, 1.807) is 0 Å². The van der Waals surface area contributed by atoms with Crippen molar-refractivity contribution in [1.29, 1.82) is 0 Å². The highest BCUT2D eigenvalue weighted by molar-refractivity contribution is 4.82. The average molecular weight is 199 g/mol. The maximum absolute atomic E-state index is 3.46. The van der Waals surface area contributed by atoms with Crippen LogP contribution in [0.2, 0.25) is 0 Å². The van der Waals surface area contributed by atoms with Gasteiger partial charge in [-0.15, -0.1) is 0 Å². The van der Waals surface area contributed by atoms with Crippen LogP contribution in [-0.2, 0) is 0 Å². The number of piperazine rings is 1. The molecule has 1 N–H and O–H groups in total. The second-order valence-electron chi connectivity index (χ2n) is 4.75. The van der Waals surface area contributed by atoms with Crippen molar-refractivity contribution in [3.05, 3.63) is 0 Å². The van der Waals surface area contributed by atoms with Crippen molar-refractivity contribution in [3.63, 3.8) is 0 Å². The van der Waals surface area contributed by atoms with Crippen LogP contribution < -0.4 is 5.32 Å². The van der Waals surface area contributed by atoms with E-state index in [0.717, 1.165) is 13.1 Å². The van der Waals surface area contributed by atoms with E-state index in [-0.39, 0.29) is 0 Å². The molecule has 1 rings (SSSR count). The molecule has 0 unspecified atom stereocenters. The first-order valence-corrected chi connectivity index (χ1v) is 5.72. The summed E-state index contributed by atoms with van der Waals surface area (Å²) in [6.07, 6.45) is 1.28. The lowest BCUT2D eigenvalue weighted by Crippen LogP contribution is -2.55. The molecule has 0 aromatic heterocycles. The molecule has 1 heterocycles. The molecule has 0 aromatic rings. The molecule has 3 heteroatoms. The van der Waals surface area contributed by atoms with Gasteiger partial charge in [0.2, 0.25) is 0 Å². The van der Waals surface area contributed by atoms with Gasteiger partial charge in [-0.25, -0.2) is 0 Å². The quantitative estimate of drug-likeness (QED) is 0.716. The van der Waals surface area contributed by atoms with Crippen molar-refractivity contribution in [2.24, 2.45) is 0 Å². The molecule has 0 saturated carbocycles. The van der Waals surface area contributed by atoms with Crippen LogP contribution in [0.15, 0.2) is 0 Å². The third kappa shape index (κ3) is 3.56. The van der Waals surface area contributed by atoms with E-state index in [0.29, 0.717) is 12.1 Å². The summed E-state index contributed by atoms with van der Waals surface area (Å²) in [4.78, 5) is 4.89. The summed E-state index contributed by atoms with van der Waals surface area (Å²) < 4.78 is 0. The van der Waals surface area contributed by atoms with E-state index in [2.05, 4.69) is 43.1 Å². The number of rotatable bonds is 4. The van der Waals surface area contributed by atoms with Gasteiger partial charge in [-0.05, 0) is 40.9 Å². The summed E-state index contributed by atoms with van der Waals surface area (Å²) in [5, 5.41) is 3.46. The first-order valence-electron chi connectivity index (χ1n) is 5.72. The van der Waals surface area contributed by atoms with E-state index >= 15 is 0 Å². The lowest BCUT2D eigenvalue weighted by atomic mass is 10.1. The summed E-state index contributed by atoms with van der Waals surface area (Å²) >= 11 is 0. The average Bonchev–Trinajstić information content (AvgIpc) is 2.09. The standard InChI is InChI=1S/C11H25N3/c1-10-8-12-9-11(2)14(10)7-5-6-13(3)4/h10-12H,5-9H2,1-4H3/t10-,11-/m1/s1. The minimum atomic E-state index is 0.695. The third-order valence-corrected chi connectivity index (χ3v) is 3.03. The zero-order valence-electron chi connectivity index (χ0n) is 10.1. The molecule has 0 spiro atoms. The van der Waals surface area contributed by atoms with Gasteiger partial charge >= 0.3 is 0 Å². The monoisotopic (exact) mass is 199 g/mol. The molecule has 0 radical (unpaired) electrons. The van der Waals surface area contributed by atoms with Crippen molar-refractivity contribution in [2.45, 2.75) is 32.4 Å². The zero-order valence-corrected chi connectivity index (χ0v) is 10.1. The largest absolute Gasteiger partial charge is 0.314 e. The molecule has 1 aliphatic rings. The Labute approximate surface area is 88.5 Å². The molecular weight excluding hydrogens is 174 g/mol. The predicted molar refractivity (Wildman–Crippen MR) is 61.7 cm³/mol. The topological polar surface area (TPSA) is 18.5 Å². The van der Waals surface area contributed by atoms with Crippen LogP contribution in [0, 0.1) is 0 Å². The van der Waals surface area contributed by atoms with E-state index in [4.69, 9.17) is 0 Å². The number of hydrogen-bond donors (Lipinski definition) is 1. The summed E-state index contributed by atoms with van der Waals surface area (Å²) in [5.74, 6) is 0. The molecule has 0 aromatic carbocycles. The third-order valence-electron chi connectivity index (χ3n) is 3.03. The first-order chi connectivity index (χ1) is 6.61. The lowest BCUT2D eigenvalue weighted by Gasteiger charge is -2.39. The fourth-order valence-electron chi connectivity index (χ4n) is 2.18. The predicted octanol–water partition coefficient (Wildman–Crippen LogP) is 0.620. The highest BCUT2D eigenvalue weighted by atomic mass is 15.2. The van der Waals surface area contributed by atoms with Crippen LogP contribution in [0.4, 0.5) is 0 Å². The maximum Gasteiger partial charge on any atom is 0.0195 e. The van der Waals surface area contributed by atoms with Crippen molar-refractivity contribution >= 4 is 0 Å². The SMILES string of the molecule is C[C@@H]1CNC[C@@H](C)N1CCCN(C)C. The normalized spacial score (nSPS) is 29.8. The van der Waals surface area contributed by atoms with Gasteiger partial charge in [0.1, 0.15) is 0 Å². The number of hydrogen-bond acceptors (Lipinski definition) is 3. The number of nitrogens with zero attached hydrogens (tertiary/aromatic N) is 2.